The number of hydrogen-bond acceptors (Lipinski definition) is 3. The zero-order chi connectivity index (χ0) is 12.8. The molecule has 1 atom stereocenters. The van der Waals surface area contributed by atoms with Crippen LogP contribution in [-0.2, 0) is 6.54 Å². The molecule has 1 N–H and O–H groups in total. The van der Waals surface area contributed by atoms with Gasteiger partial charge in [-0.1, -0.05) is 18.2 Å². The molecule has 2 aromatic rings. The maximum Gasteiger partial charge on any atom is 0.0340 e. The molecular weight excluding hydrogens is 240 g/mol. The van der Waals surface area contributed by atoms with Crippen LogP contribution in [0.4, 0.5) is 5.69 Å². The first-order valence-electron chi connectivity index (χ1n) is 6.26. The summed E-state index contributed by atoms with van der Waals surface area (Å²) in [4.78, 5) is 2.37. The Morgan fingerprint density at radius 2 is 2.00 bits per heavy atom. The average Bonchev–Trinajstić information content (AvgIpc) is 2.90. The molecule has 0 radical (unpaired) electrons. The van der Waals surface area contributed by atoms with Crippen LogP contribution in [0.15, 0.2) is 47.2 Å². The molecule has 18 heavy (non-hydrogen) atoms. The maximum absolute atomic E-state index is 3.47. The lowest BCUT2D eigenvalue weighted by Gasteiger charge is -2.25. The van der Waals surface area contributed by atoms with Gasteiger partial charge in [0.05, 0.1) is 0 Å². The standard InChI is InChI=1S/C15H20N2S/c1-13(10-16-15-6-4-3-5-7-15)17(2)11-14-8-9-18-12-14/h3-9,12-13,16H,10-11H2,1-2H3. The molecular formula is C15H20N2S. The fourth-order valence-corrected chi connectivity index (χ4v) is 2.46. The Balaban J connectivity index is 1.79. The second kappa shape index (κ2) is 6.57. The molecule has 0 saturated carbocycles. The molecule has 1 aromatic heterocycles. The smallest absolute Gasteiger partial charge is 0.0340 e. The van der Waals surface area contributed by atoms with Crippen molar-refractivity contribution in [3.8, 4) is 0 Å². The Kier molecular flexibility index (Phi) is 4.79. The molecule has 0 fully saturated rings. The van der Waals surface area contributed by atoms with Crippen LogP contribution in [0, 0.1) is 0 Å². The van der Waals surface area contributed by atoms with E-state index in [1.807, 2.05) is 6.07 Å². The zero-order valence-electron chi connectivity index (χ0n) is 11.0. The molecule has 0 aliphatic heterocycles. The number of nitrogens with one attached hydrogen (secondary N) is 1. The van der Waals surface area contributed by atoms with Crippen molar-refractivity contribution in [2.45, 2.75) is 19.5 Å². The van der Waals surface area contributed by atoms with E-state index in [0.29, 0.717) is 6.04 Å². The number of hydrogen-bond donors (Lipinski definition) is 1. The van der Waals surface area contributed by atoms with Gasteiger partial charge in [0.15, 0.2) is 0 Å². The van der Waals surface area contributed by atoms with Crippen molar-refractivity contribution >= 4 is 17.0 Å². The lowest BCUT2D eigenvalue weighted by molar-refractivity contribution is 0.259. The highest BCUT2D eigenvalue weighted by molar-refractivity contribution is 7.07. The molecule has 0 amide bonds. The predicted molar refractivity (Wildman–Crippen MR) is 80.2 cm³/mol. The summed E-state index contributed by atoms with van der Waals surface area (Å²) < 4.78 is 0. The predicted octanol–water partition coefficient (Wildman–Crippen LogP) is 3.68. The highest BCUT2D eigenvalue weighted by atomic mass is 32.1. The van der Waals surface area contributed by atoms with E-state index < -0.39 is 0 Å². The molecule has 1 heterocycles. The van der Waals surface area contributed by atoms with Gasteiger partial charge in [0.25, 0.3) is 0 Å². The summed E-state index contributed by atoms with van der Waals surface area (Å²) in [5, 5.41) is 7.82. The second-order valence-electron chi connectivity index (χ2n) is 4.64. The highest BCUT2D eigenvalue weighted by Crippen LogP contribution is 2.11. The monoisotopic (exact) mass is 260 g/mol. The number of thiophene rings is 1. The lowest BCUT2D eigenvalue weighted by Crippen LogP contribution is -2.34. The third kappa shape index (κ3) is 3.86. The van der Waals surface area contributed by atoms with Gasteiger partial charge >= 0.3 is 0 Å². The van der Waals surface area contributed by atoms with Gasteiger partial charge in [-0.3, -0.25) is 4.90 Å². The summed E-state index contributed by atoms with van der Waals surface area (Å²) in [5.74, 6) is 0. The minimum absolute atomic E-state index is 0.505. The maximum atomic E-state index is 3.47. The first-order valence-corrected chi connectivity index (χ1v) is 7.20. The minimum atomic E-state index is 0.505. The number of likely N-dealkylation sites (N-methyl/N-ethyl adjacent to an activating group) is 1. The van der Waals surface area contributed by atoms with Gasteiger partial charge in [-0.25, -0.2) is 0 Å². The molecule has 2 nitrogen and oxygen atoms in total. The van der Waals surface area contributed by atoms with E-state index in [9.17, 15) is 0 Å². The van der Waals surface area contributed by atoms with Gasteiger partial charge in [0, 0.05) is 24.8 Å². The topological polar surface area (TPSA) is 15.3 Å². The van der Waals surface area contributed by atoms with Crippen molar-refractivity contribution in [1.82, 2.24) is 4.90 Å². The molecule has 1 aromatic carbocycles. The fraction of sp³-hybridized carbons (Fsp3) is 0.333. The number of benzene rings is 1. The molecule has 3 heteroatoms. The van der Waals surface area contributed by atoms with Crippen molar-refractivity contribution in [3.05, 3.63) is 52.7 Å². The van der Waals surface area contributed by atoms with Crippen LogP contribution < -0.4 is 5.32 Å². The van der Waals surface area contributed by atoms with Gasteiger partial charge in [-0.05, 0) is 48.5 Å². The minimum Gasteiger partial charge on any atom is -0.383 e. The van der Waals surface area contributed by atoms with Gasteiger partial charge in [0.1, 0.15) is 0 Å². The van der Waals surface area contributed by atoms with Crippen LogP contribution in [-0.4, -0.2) is 24.5 Å². The van der Waals surface area contributed by atoms with Crippen molar-refractivity contribution < 1.29 is 0 Å². The third-order valence-electron chi connectivity index (χ3n) is 3.14. The Morgan fingerprint density at radius 1 is 1.22 bits per heavy atom. The highest BCUT2D eigenvalue weighted by Gasteiger charge is 2.09. The molecule has 0 spiro atoms. The number of nitrogens with zero attached hydrogens (tertiary/aromatic N) is 1. The number of anilines is 1. The van der Waals surface area contributed by atoms with E-state index in [1.165, 1.54) is 11.3 Å². The Hall–Kier alpha value is -1.32. The van der Waals surface area contributed by atoms with Crippen LogP contribution in [0.2, 0.25) is 0 Å². The van der Waals surface area contributed by atoms with Gasteiger partial charge in [-0.15, -0.1) is 0 Å². The first-order chi connectivity index (χ1) is 8.75. The Labute approximate surface area is 113 Å². The largest absolute Gasteiger partial charge is 0.383 e. The van der Waals surface area contributed by atoms with Gasteiger partial charge in [0.2, 0.25) is 0 Å². The van der Waals surface area contributed by atoms with Crippen LogP contribution in [0.1, 0.15) is 12.5 Å². The zero-order valence-corrected chi connectivity index (χ0v) is 11.8. The van der Waals surface area contributed by atoms with Gasteiger partial charge < -0.3 is 5.32 Å². The van der Waals surface area contributed by atoms with E-state index >= 15 is 0 Å². The van der Waals surface area contributed by atoms with Crippen LogP contribution in [0.25, 0.3) is 0 Å². The summed E-state index contributed by atoms with van der Waals surface area (Å²) in [6, 6.07) is 13.1. The van der Waals surface area contributed by atoms with Crippen LogP contribution in [0.5, 0.6) is 0 Å². The van der Waals surface area contributed by atoms with E-state index in [-0.39, 0.29) is 0 Å². The summed E-state index contributed by atoms with van der Waals surface area (Å²) in [7, 11) is 2.18. The van der Waals surface area contributed by atoms with E-state index in [0.717, 1.165) is 13.1 Å². The van der Waals surface area contributed by atoms with E-state index in [4.69, 9.17) is 0 Å². The fourth-order valence-electron chi connectivity index (χ4n) is 1.80. The molecule has 96 valence electrons. The SMILES string of the molecule is CC(CNc1ccccc1)N(C)Cc1ccsc1. The van der Waals surface area contributed by atoms with Crippen molar-refractivity contribution in [2.75, 3.05) is 18.9 Å². The first kappa shape index (κ1) is 13.1. The Bertz CT molecular complexity index is 439. The third-order valence-corrected chi connectivity index (χ3v) is 3.87. The van der Waals surface area contributed by atoms with E-state index in [2.05, 4.69) is 65.3 Å². The number of rotatable bonds is 6. The molecule has 0 saturated heterocycles. The summed E-state index contributed by atoms with van der Waals surface area (Å²) in [5.41, 5.74) is 2.59. The van der Waals surface area contributed by atoms with Crippen molar-refractivity contribution in [1.29, 1.82) is 0 Å². The molecule has 0 aliphatic rings. The summed E-state index contributed by atoms with van der Waals surface area (Å²) >= 11 is 1.76. The van der Waals surface area contributed by atoms with Crippen molar-refractivity contribution in [3.63, 3.8) is 0 Å². The molecule has 0 bridgehead atoms. The molecule has 2 rings (SSSR count). The Morgan fingerprint density at radius 3 is 2.67 bits per heavy atom. The molecule has 0 aliphatic carbocycles. The summed E-state index contributed by atoms with van der Waals surface area (Å²) in [6.07, 6.45) is 0. The quantitative estimate of drug-likeness (QED) is 0.852. The van der Waals surface area contributed by atoms with Crippen LogP contribution in [0.3, 0.4) is 0 Å². The van der Waals surface area contributed by atoms with Crippen molar-refractivity contribution in [2.24, 2.45) is 0 Å². The van der Waals surface area contributed by atoms with Crippen LogP contribution >= 0.6 is 11.3 Å². The second-order valence-corrected chi connectivity index (χ2v) is 5.42. The number of para-hydroxylation sites is 1. The summed E-state index contributed by atoms with van der Waals surface area (Å²) in [6.45, 7) is 4.23. The van der Waals surface area contributed by atoms with E-state index in [1.54, 1.807) is 11.3 Å². The lowest BCUT2D eigenvalue weighted by atomic mass is 10.2. The average molecular weight is 260 g/mol. The van der Waals surface area contributed by atoms with Gasteiger partial charge in [-0.2, -0.15) is 11.3 Å². The normalized spacial score (nSPS) is 12.6. The molecule has 1 unspecified atom stereocenters.